The molecule has 2 rings (SSSR count). The van der Waals surface area contributed by atoms with E-state index < -0.39 is 18.0 Å². The number of para-hydroxylation sites is 2. The van der Waals surface area contributed by atoms with Gasteiger partial charge in [-0.1, -0.05) is 12.1 Å². The van der Waals surface area contributed by atoms with Gasteiger partial charge in [-0.25, -0.2) is 9.67 Å². The lowest BCUT2D eigenvalue weighted by atomic mass is 10.3. The van der Waals surface area contributed by atoms with E-state index in [1.165, 1.54) is 24.5 Å². The second-order valence-corrected chi connectivity index (χ2v) is 3.89. The predicted octanol–water partition coefficient (Wildman–Crippen LogP) is 1.40. The molecule has 10 heteroatoms. The molecular weight excluding hydrogens is 291 g/mol. The molecule has 1 aromatic carbocycles. The van der Waals surface area contributed by atoms with Crippen molar-refractivity contribution >= 4 is 17.5 Å². The molecule has 0 atom stereocenters. The maximum Gasteiger partial charge on any atom is 0.573 e. The van der Waals surface area contributed by atoms with Crippen LogP contribution in [-0.4, -0.2) is 27.0 Å². The van der Waals surface area contributed by atoms with Gasteiger partial charge in [0, 0.05) is 0 Å². The molecule has 1 aromatic heterocycles. The molecule has 2 aromatic rings. The average molecular weight is 301 g/mol. The third kappa shape index (κ3) is 4.37. The number of nitrogen functional groups attached to an aromatic ring is 1. The van der Waals surface area contributed by atoms with Crippen LogP contribution in [0.15, 0.2) is 30.6 Å². The number of benzene rings is 1. The molecule has 0 fully saturated rings. The number of nitrogens with one attached hydrogen (secondary N) is 1. The lowest BCUT2D eigenvalue weighted by Gasteiger charge is -2.13. The van der Waals surface area contributed by atoms with Crippen LogP contribution in [0.2, 0.25) is 0 Å². The highest BCUT2D eigenvalue weighted by molar-refractivity contribution is 5.92. The van der Waals surface area contributed by atoms with Crippen molar-refractivity contribution < 1.29 is 22.7 Å². The van der Waals surface area contributed by atoms with Crippen LogP contribution < -0.4 is 15.8 Å². The molecule has 0 unspecified atom stereocenters. The predicted molar refractivity (Wildman–Crippen MR) is 66.2 cm³/mol. The molecule has 0 saturated heterocycles. The number of rotatable bonds is 4. The quantitative estimate of drug-likeness (QED) is 0.890. The summed E-state index contributed by atoms with van der Waals surface area (Å²) in [6.45, 7) is -0.245. The zero-order chi connectivity index (χ0) is 15.5. The highest BCUT2D eigenvalue weighted by atomic mass is 19.4. The van der Waals surface area contributed by atoms with E-state index in [0.29, 0.717) is 0 Å². The monoisotopic (exact) mass is 301 g/mol. The number of nitrogens with zero attached hydrogens (tertiary/aromatic N) is 3. The first-order chi connectivity index (χ1) is 9.83. The van der Waals surface area contributed by atoms with Crippen LogP contribution in [0.5, 0.6) is 5.75 Å². The Hall–Kier alpha value is -2.78. The van der Waals surface area contributed by atoms with Crippen molar-refractivity contribution in [2.75, 3.05) is 11.1 Å². The van der Waals surface area contributed by atoms with E-state index in [0.717, 1.165) is 10.7 Å². The molecule has 3 N–H and O–H groups in total. The summed E-state index contributed by atoms with van der Waals surface area (Å²) in [6.07, 6.45) is -3.62. The number of carbonyl (C=O) groups excluding carboxylic acids is 1. The highest BCUT2D eigenvalue weighted by Crippen LogP contribution is 2.29. The Morgan fingerprint density at radius 3 is 2.71 bits per heavy atom. The van der Waals surface area contributed by atoms with Gasteiger partial charge in [-0.3, -0.25) is 4.79 Å². The number of amides is 1. The number of hydrogen-bond donors (Lipinski definition) is 2. The van der Waals surface area contributed by atoms with E-state index in [9.17, 15) is 18.0 Å². The molecule has 0 aliphatic heterocycles. The Bertz CT molecular complexity index is 641. The molecule has 21 heavy (non-hydrogen) atoms. The fraction of sp³-hybridized carbons (Fsp3) is 0.182. The zero-order valence-corrected chi connectivity index (χ0v) is 10.5. The minimum atomic E-state index is -4.85. The molecule has 0 aliphatic rings. The van der Waals surface area contributed by atoms with Crippen molar-refractivity contribution in [3.8, 4) is 5.75 Å². The van der Waals surface area contributed by atoms with Crippen LogP contribution in [0.3, 0.4) is 0 Å². The normalized spacial score (nSPS) is 11.2. The largest absolute Gasteiger partial charge is 0.573 e. The Morgan fingerprint density at radius 2 is 2.10 bits per heavy atom. The number of aromatic nitrogens is 3. The maximum atomic E-state index is 12.2. The molecule has 1 heterocycles. The summed E-state index contributed by atoms with van der Waals surface area (Å²) >= 11 is 0. The average Bonchev–Trinajstić information content (AvgIpc) is 2.75. The van der Waals surface area contributed by atoms with E-state index in [1.807, 2.05) is 0 Å². The molecule has 0 radical (unpaired) electrons. The minimum Gasteiger partial charge on any atom is -0.404 e. The van der Waals surface area contributed by atoms with Gasteiger partial charge in [0.15, 0.2) is 5.75 Å². The molecule has 0 spiro atoms. The van der Waals surface area contributed by atoms with Crippen molar-refractivity contribution in [1.29, 1.82) is 0 Å². The Morgan fingerprint density at radius 1 is 1.38 bits per heavy atom. The number of halogens is 3. The first-order valence-corrected chi connectivity index (χ1v) is 5.63. The summed E-state index contributed by atoms with van der Waals surface area (Å²) in [6, 6.07) is 5.20. The van der Waals surface area contributed by atoms with Crippen molar-refractivity contribution in [2.24, 2.45) is 0 Å². The SMILES string of the molecule is Nc1ncn(CC(=O)Nc2ccccc2OC(F)(F)F)n1. The first-order valence-electron chi connectivity index (χ1n) is 5.63. The summed E-state index contributed by atoms with van der Waals surface area (Å²) in [5, 5.41) is 5.98. The van der Waals surface area contributed by atoms with Crippen LogP contribution in [0, 0.1) is 0 Å². The van der Waals surface area contributed by atoms with Gasteiger partial charge in [0.25, 0.3) is 0 Å². The lowest BCUT2D eigenvalue weighted by molar-refractivity contribution is -0.274. The topological polar surface area (TPSA) is 95.1 Å². The van der Waals surface area contributed by atoms with Crippen molar-refractivity contribution in [3.05, 3.63) is 30.6 Å². The van der Waals surface area contributed by atoms with E-state index in [2.05, 4.69) is 20.1 Å². The summed E-state index contributed by atoms with van der Waals surface area (Å²) in [4.78, 5) is 15.4. The summed E-state index contributed by atoms with van der Waals surface area (Å²) in [5.74, 6) is -1.11. The van der Waals surface area contributed by atoms with Gasteiger partial charge in [0.05, 0.1) is 5.69 Å². The summed E-state index contributed by atoms with van der Waals surface area (Å²) in [7, 11) is 0. The Balaban J connectivity index is 2.07. The molecule has 112 valence electrons. The smallest absolute Gasteiger partial charge is 0.404 e. The third-order valence-corrected chi connectivity index (χ3v) is 2.25. The minimum absolute atomic E-state index is 0.0106. The highest BCUT2D eigenvalue weighted by Gasteiger charge is 2.32. The second-order valence-electron chi connectivity index (χ2n) is 3.89. The van der Waals surface area contributed by atoms with Gasteiger partial charge >= 0.3 is 6.36 Å². The van der Waals surface area contributed by atoms with Crippen LogP contribution in [-0.2, 0) is 11.3 Å². The standard InChI is InChI=1S/C11H10F3N5O2/c12-11(13,14)21-8-4-2-1-3-7(8)17-9(20)5-19-6-16-10(15)18-19/h1-4,6H,5H2,(H2,15,18)(H,17,20). The van der Waals surface area contributed by atoms with Crippen LogP contribution in [0.25, 0.3) is 0 Å². The molecule has 1 amide bonds. The Kier molecular flexibility index (Phi) is 3.96. The number of ether oxygens (including phenoxy) is 1. The van der Waals surface area contributed by atoms with E-state index in [4.69, 9.17) is 5.73 Å². The van der Waals surface area contributed by atoms with Gasteiger partial charge in [0.2, 0.25) is 11.9 Å². The van der Waals surface area contributed by atoms with Gasteiger partial charge in [-0.15, -0.1) is 18.3 Å². The molecular formula is C11H10F3N5O2. The zero-order valence-electron chi connectivity index (χ0n) is 10.5. The number of nitrogens with two attached hydrogens (primary N) is 1. The van der Waals surface area contributed by atoms with Gasteiger partial charge < -0.3 is 15.8 Å². The number of alkyl halides is 3. The first kappa shape index (κ1) is 14.6. The molecule has 7 nitrogen and oxygen atoms in total. The second kappa shape index (κ2) is 5.69. The van der Waals surface area contributed by atoms with Crippen LogP contribution >= 0.6 is 0 Å². The number of hydrogen-bond acceptors (Lipinski definition) is 5. The van der Waals surface area contributed by atoms with Crippen LogP contribution in [0.1, 0.15) is 0 Å². The van der Waals surface area contributed by atoms with Crippen molar-refractivity contribution in [1.82, 2.24) is 14.8 Å². The summed E-state index contributed by atoms with van der Waals surface area (Å²) in [5.41, 5.74) is 5.18. The third-order valence-electron chi connectivity index (χ3n) is 2.25. The Labute approximate surface area is 116 Å². The fourth-order valence-corrected chi connectivity index (χ4v) is 1.51. The maximum absolute atomic E-state index is 12.2. The molecule has 0 saturated carbocycles. The molecule has 0 bridgehead atoms. The summed E-state index contributed by atoms with van der Waals surface area (Å²) < 4.78 is 41.7. The van der Waals surface area contributed by atoms with Gasteiger partial charge in [-0.05, 0) is 12.1 Å². The van der Waals surface area contributed by atoms with E-state index >= 15 is 0 Å². The van der Waals surface area contributed by atoms with Gasteiger partial charge in [0.1, 0.15) is 12.9 Å². The molecule has 0 aliphatic carbocycles. The van der Waals surface area contributed by atoms with Crippen molar-refractivity contribution in [2.45, 2.75) is 12.9 Å². The van der Waals surface area contributed by atoms with Gasteiger partial charge in [-0.2, -0.15) is 0 Å². The number of carbonyl (C=O) groups is 1. The fourth-order valence-electron chi connectivity index (χ4n) is 1.51. The van der Waals surface area contributed by atoms with E-state index in [1.54, 1.807) is 0 Å². The number of anilines is 2. The lowest BCUT2D eigenvalue weighted by Crippen LogP contribution is -2.22. The van der Waals surface area contributed by atoms with E-state index in [-0.39, 0.29) is 18.2 Å². The van der Waals surface area contributed by atoms with Crippen molar-refractivity contribution in [3.63, 3.8) is 0 Å². The van der Waals surface area contributed by atoms with Crippen LogP contribution in [0.4, 0.5) is 24.8 Å².